The molecule has 0 aliphatic heterocycles. The number of hydrogen-bond acceptors (Lipinski definition) is 4. The van der Waals surface area contributed by atoms with E-state index in [1.807, 2.05) is 0 Å². The van der Waals surface area contributed by atoms with Crippen LogP contribution >= 0.6 is 0 Å². The van der Waals surface area contributed by atoms with E-state index >= 15 is 0 Å². The van der Waals surface area contributed by atoms with Crippen molar-refractivity contribution in [2.24, 2.45) is 7.05 Å². The second-order valence-corrected chi connectivity index (χ2v) is 6.78. The molecule has 0 bridgehead atoms. The Balaban J connectivity index is 2.90. The third-order valence-electron chi connectivity index (χ3n) is 3.18. The molecule has 0 saturated carbocycles. The Morgan fingerprint density at radius 1 is 1.36 bits per heavy atom. The lowest BCUT2D eigenvalue weighted by Gasteiger charge is -2.08. The first-order chi connectivity index (χ1) is 9.99. The van der Waals surface area contributed by atoms with Crippen LogP contribution in [0, 0.1) is 0 Å². The van der Waals surface area contributed by atoms with Gasteiger partial charge in [0.1, 0.15) is 0 Å². The molecule has 120 valence electrons. The summed E-state index contributed by atoms with van der Waals surface area (Å²) >= 11 is 0. The number of aromatic carboxylic acids is 1. The quantitative estimate of drug-likeness (QED) is 0.927. The number of halogens is 3. The lowest BCUT2D eigenvalue weighted by atomic mass is 10.2. The number of aromatic nitrogens is 2. The number of benzene rings is 1. The molecule has 1 N–H and O–H groups in total. The summed E-state index contributed by atoms with van der Waals surface area (Å²) in [5, 5.41) is 9.10. The Kier molecular flexibility index (Phi) is 3.68. The van der Waals surface area contributed by atoms with Gasteiger partial charge in [-0.15, -0.1) is 0 Å². The van der Waals surface area contributed by atoms with Crippen molar-refractivity contribution in [2.75, 3.05) is 5.75 Å². The van der Waals surface area contributed by atoms with Crippen LogP contribution in [0.1, 0.15) is 23.1 Å². The number of hydrogen-bond donors (Lipinski definition) is 1. The van der Waals surface area contributed by atoms with E-state index in [0.29, 0.717) is 4.57 Å². The molecule has 0 unspecified atom stereocenters. The van der Waals surface area contributed by atoms with Gasteiger partial charge in [-0.25, -0.2) is 18.2 Å². The van der Waals surface area contributed by atoms with E-state index in [1.54, 1.807) is 0 Å². The number of fused-ring (bicyclic) bond motifs is 1. The first-order valence-electron chi connectivity index (χ1n) is 6.02. The van der Waals surface area contributed by atoms with Crippen LogP contribution in [0.15, 0.2) is 17.0 Å². The van der Waals surface area contributed by atoms with Crippen LogP contribution in [0.4, 0.5) is 13.2 Å². The van der Waals surface area contributed by atoms with Crippen LogP contribution in [-0.4, -0.2) is 34.8 Å². The molecule has 1 aromatic carbocycles. The fourth-order valence-electron chi connectivity index (χ4n) is 2.05. The van der Waals surface area contributed by atoms with Gasteiger partial charge < -0.3 is 9.67 Å². The smallest absolute Gasteiger partial charge is 0.449 e. The highest BCUT2D eigenvalue weighted by Crippen LogP contribution is 2.32. The third-order valence-corrected chi connectivity index (χ3v) is 4.95. The van der Waals surface area contributed by atoms with Crippen molar-refractivity contribution in [1.82, 2.24) is 9.55 Å². The number of carboxylic acid groups (broad SMARTS) is 1. The van der Waals surface area contributed by atoms with Crippen LogP contribution in [0.2, 0.25) is 0 Å². The van der Waals surface area contributed by atoms with Crippen molar-refractivity contribution in [3.63, 3.8) is 0 Å². The number of carbonyl (C=O) groups is 1. The van der Waals surface area contributed by atoms with Gasteiger partial charge in [-0.3, -0.25) is 0 Å². The Hall–Kier alpha value is -2.10. The maximum Gasteiger partial charge on any atom is 0.449 e. The summed E-state index contributed by atoms with van der Waals surface area (Å²) in [4.78, 5) is 14.0. The van der Waals surface area contributed by atoms with Gasteiger partial charge in [-0.05, 0) is 12.1 Å². The van der Waals surface area contributed by atoms with Crippen LogP contribution in [0.5, 0.6) is 0 Å². The number of carboxylic acids is 1. The SMILES string of the molecule is CCS(=O)(=O)c1cc2c(cc1C(=O)O)nc(C(F)(F)F)n2C. The normalized spacial score (nSPS) is 12.8. The number of rotatable bonds is 3. The summed E-state index contributed by atoms with van der Waals surface area (Å²) in [6.45, 7) is 1.32. The molecule has 1 aromatic heterocycles. The van der Waals surface area contributed by atoms with Crippen LogP contribution < -0.4 is 0 Å². The van der Waals surface area contributed by atoms with E-state index in [1.165, 1.54) is 6.92 Å². The third kappa shape index (κ3) is 2.54. The fourth-order valence-corrected chi connectivity index (χ4v) is 3.14. The molecule has 0 radical (unpaired) electrons. The molecule has 0 saturated heterocycles. The molecule has 0 aliphatic carbocycles. The van der Waals surface area contributed by atoms with Crippen molar-refractivity contribution in [1.29, 1.82) is 0 Å². The summed E-state index contributed by atoms with van der Waals surface area (Å²) in [5.41, 5.74) is -0.937. The first-order valence-corrected chi connectivity index (χ1v) is 7.68. The van der Waals surface area contributed by atoms with E-state index in [-0.39, 0.29) is 16.8 Å². The highest BCUT2D eigenvalue weighted by Gasteiger charge is 2.37. The molecule has 0 fully saturated rings. The Morgan fingerprint density at radius 2 is 1.95 bits per heavy atom. The van der Waals surface area contributed by atoms with E-state index in [0.717, 1.165) is 19.2 Å². The Labute approximate surface area is 123 Å². The minimum absolute atomic E-state index is 0.107. The maximum absolute atomic E-state index is 12.8. The Bertz CT molecular complexity index is 869. The van der Waals surface area contributed by atoms with Crippen LogP contribution in [0.3, 0.4) is 0 Å². The lowest BCUT2D eigenvalue weighted by molar-refractivity contribution is -0.146. The van der Waals surface area contributed by atoms with Crippen LogP contribution in [-0.2, 0) is 23.1 Å². The summed E-state index contributed by atoms with van der Waals surface area (Å²) in [6, 6.07) is 1.76. The second-order valence-electron chi connectivity index (χ2n) is 4.54. The van der Waals surface area contributed by atoms with E-state index < -0.39 is 38.3 Å². The predicted octanol–water partition coefficient (Wildman–Crippen LogP) is 2.08. The first kappa shape index (κ1) is 16.3. The molecule has 1 heterocycles. The maximum atomic E-state index is 12.8. The summed E-state index contributed by atoms with van der Waals surface area (Å²) in [5.74, 6) is -3.15. The molecule has 0 spiro atoms. The van der Waals surface area contributed by atoms with Crippen LogP contribution in [0.25, 0.3) is 11.0 Å². The van der Waals surface area contributed by atoms with Gasteiger partial charge in [0.05, 0.1) is 27.2 Å². The molecule has 2 rings (SSSR count). The highest BCUT2D eigenvalue weighted by atomic mass is 32.2. The molecule has 22 heavy (non-hydrogen) atoms. The second kappa shape index (κ2) is 4.97. The molecule has 10 heteroatoms. The minimum atomic E-state index is -4.74. The average molecular weight is 336 g/mol. The monoisotopic (exact) mass is 336 g/mol. The van der Waals surface area contributed by atoms with Gasteiger partial charge in [-0.2, -0.15) is 13.2 Å². The highest BCUT2D eigenvalue weighted by molar-refractivity contribution is 7.91. The van der Waals surface area contributed by atoms with Crippen molar-refractivity contribution in [3.8, 4) is 0 Å². The van der Waals surface area contributed by atoms with Gasteiger partial charge in [0.2, 0.25) is 5.82 Å². The van der Waals surface area contributed by atoms with Crippen molar-refractivity contribution < 1.29 is 31.5 Å². The average Bonchev–Trinajstić information content (AvgIpc) is 2.74. The van der Waals surface area contributed by atoms with E-state index in [4.69, 9.17) is 5.11 Å². The van der Waals surface area contributed by atoms with E-state index in [9.17, 15) is 26.4 Å². The molecule has 6 nitrogen and oxygen atoms in total. The number of sulfone groups is 1. The Morgan fingerprint density at radius 3 is 2.41 bits per heavy atom. The fraction of sp³-hybridized carbons (Fsp3) is 0.333. The molecule has 0 atom stereocenters. The predicted molar refractivity (Wildman–Crippen MR) is 70.4 cm³/mol. The summed E-state index contributed by atoms with van der Waals surface area (Å²) in [7, 11) is -2.83. The van der Waals surface area contributed by atoms with Crippen molar-refractivity contribution in [3.05, 3.63) is 23.5 Å². The number of imidazole rings is 1. The summed E-state index contributed by atoms with van der Waals surface area (Å²) in [6.07, 6.45) is -4.74. The van der Waals surface area contributed by atoms with Crippen molar-refractivity contribution in [2.45, 2.75) is 18.0 Å². The molecular formula is C12H11F3N2O4S. The molecule has 0 amide bonds. The van der Waals surface area contributed by atoms with Crippen molar-refractivity contribution >= 4 is 26.8 Å². The number of aryl methyl sites for hydroxylation is 1. The van der Waals surface area contributed by atoms with Gasteiger partial charge >= 0.3 is 12.1 Å². The van der Waals surface area contributed by atoms with Gasteiger partial charge in [0, 0.05) is 7.05 Å². The number of alkyl halides is 3. The number of nitrogens with zero attached hydrogens (tertiary/aromatic N) is 2. The summed E-state index contributed by atoms with van der Waals surface area (Å²) < 4.78 is 63.1. The zero-order valence-electron chi connectivity index (χ0n) is 11.5. The van der Waals surface area contributed by atoms with Gasteiger partial charge in [0.15, 0.2) is 9.84 Å². The molecule has 2 aromatic rings. The topological polar surface area (TPSA) is 89.3 Å². The van der Waals surface area contributed by atoms with Gasteiger partial charge in [0.25, 0.3) is 0 Å². The van der Waals surface area contributed by atoms with Gasteiger partial charge in [-0.1, -0.05) is 6.92 Å². The zero-order chi connectivity index (χ0) is 16.9. The minimum Gasteiger partial charge on any atom is -0.478 e. The lowest BCUT2D eigenvalue weighted by Crippen LogP contribution is -2.13. The standard InChI is InChI=1S/C12H11F3N2O4S/c1-3-22(20,21)9-5-8-7(4-6(9)10(18)19)16-11(17(8)2)12(13,14)15/h4-5H,3H2,1-2H3,(H,18,19). The zero-order valence-corrected chi connectivity index (χ0v) is 12.3. The molecular weight excluding hydrogens is 325 g/mol. The van der Waals surface area contributed by atoms with E-state index in [2.05, 4.69) is 4.98 Å². The largest absolute Gasteiger partial charge is 0.478 e. The molecule has 0 aliphatic rings.